The highest BCUT2D eigenvalue weighted by molar-refractivity contribution is 5.26. The van der Waals surface area contributed by atoms with E-state index in [1.807, 2.05) is 0 Å². The van der Waals surface area contributed by atoms with Crippen molar-refractivity contribution in [1.82, 2.24) is 20.2 Å². The molecule has 0 radical (unpaired) electrons. The van der Waals surface area contributed by atoms with Gasteiger partial charge in [0, 0.05) is 45.0 Å². The topological polar surface area (TPSA) is 62.3 Å². The molecule has 0 spiro atoms. The maximum Gasteiger partial charge on any atom is 0.225 e. The molecule has 1 aromatic rings. The minimum Gasteiger partial charge on any atom is -0.481 e. The lowest BCUT2D eigenvalue weighted by atomic mass is 10.3. The first-order chi connectivity index (χ1) is 8.88. The molecule has 1 aromatic heterocycles. The molecule has 1 aliphatic heterocycles. The van der Waals surface area contributed by atoms with Crippen molar-refractivity contribution >= 4 is 5.95 Å². The van der Waals surface area contributed by atoms with Crippen LogP contribution in [0.15, 0.2) is 12.3 Å². The Balaban J connectivity index is 1.65. The normalized spacial score (nSPS) is 16.5. The van der Waals surface area contributed by atoms with E-state index in [9.17, 15) is 0 Å². The van der Waals surface area contributed by atoms with Crippen molar-refractivity contribution in [3.63, 3.8) is 0 Å². The van der Waals surface area contributed by atoms with Crippen molar-refractivity contribution in [2.24, 2.45) is 0 Å². The van der Waals surface area contributed by atoms with Crippen LogP contribution in [-0.2, 0) is 0 Å². The zero-order valence-corrected chi connectivity index (χ0v) is 10.9. The third-order valence-corrected chi connectivity index (χ3v) is 2.98. The number of nitrogens with zero attached hydrogens (tertiary/aromatic N) is 3. The van der Waals surface area contributed by atoms with Gasteiger partial charge < -0.3 is 20.3 Å². The van der Waals surface area contributed by atoms with E-state index >= 15 is 0 Å². The number of anilines is 1. The molecule has 6 nitrogen and oxygen atoms in total. The third-order valence-electron chi connectivity index (χ3n) is 2.98. The summed E-state index contributed by atoms with van der Waals surface area (Å²) in [6, 6.07) is 1.74. The van der Waals surface area contributed by atoms with E-state index in [0.29, 0.717) is 11.8 Å². The molecule has 2 heterocycles. The zero-order valence-electron chi connectivity index (χ0n) is 10.9. The third kappa shape index (κ3) is 4.12. The minimum absolute atomic E-state index is 0.592. The number of hydrogen-bond donors (Lipinski definition) is 2. The average Bonchev–Trinajstić information content (AvgIpc) is 2.45. The van der Waals surface area contributed by atoms with Crippen molar-refractivity contribution in [1.29, 1.82) is 0 Å². The van der Waals surface area contributed by atoms with Crippen LogP contribution in [0, 0.1) is 0 Å². The summed E-state index contributed by atoms with van der Waals surface area (Å²) >= 11 is 0. The van der Waals surface area contributed by atoms with Gasteiger partial charge in [-0.15, -0.1) is 0 Å². The molecule has 1 fully saturated rings. The molecule has 0 aliphatic carbocycles. The molecule has 0 amide bonds. The molecule has 0 saturated carbocycles. The Morgan fingerprint density at radius 3 is 3.06 bits per heavy atom. The summed E-state index contributed by atoms with van der Waals surface area (Å²) < 4.78 is 5.05. The maximum absolute atomic E-state index is 5.05. The molecule has 0 atom stereocenters. The van der Waals surface area contributed by atoms with E-state index in [4.69, 9.17) is 4.74 Å². The highest BCUT2D eigenvalue weighted by atomic mass is 16.5. The molecule has 18 heavy (non-hydrogen) atoms. The van der Waals surface area contributed by atoms with Gasteiger partial charge in [-0.3, -0.25) is 0 Å². The van der Waals surface area contributed by atoms with Gasteiger partial charge in [-0.05, 0) is 13.0 Å². The summed E-state index contributed by atoms with van der Waals surface area (Å²) in [4.78, 5) is 10.8. The van der Waals surface area contributed by atoms with E-state index < -0.39 is 0 Å². The Bertz CT molecular complexity index is 354. The maximum atomic E-state index is 5.05. The van der Waals surface area contributed by atoms with Crippen LogP contribution in [0.5, 0.6) is 5.88 Å². The van der Waals surface area contributed by atoms with Crippen molar-refractivity contribution in [3.8, 4) is 5.88 Å². The Labute approximate surface area is 108 Å². The number of rotatable bonds is 6. The number of methoxy groups -OCH3 is 1. The number of piperazine rings is 1. The smallest absolute Gasteiger partial charge is 0.225 e. The van der Waals surface area contributed by atoms with E-state index in [1.54, 1.807) is 19.4 Å². The highest BCUT2D eigenvalue weighted by Crippen LogP contribution is 2.07. The summed E-state index contributed by atoms with van der Waals surface area (Å²) in [7, 11) is 1.61. The predicted molar refractivity (Wildman–Crippen MR) is 71.0 cm³/mol. The number of ether oxygens (including phenoxy) is 1. The monoisotopic (exact) mass is 251 g/mol. The van der Waals surface area contributed by atoms with Gasteiger partial charge in [0.1, 0.15) is 0 Å². The Kier molecular flexibility index (Phi) is 5.16. The quantitative estimate of drug-likeness (QED) is 0.704. The second-order valence-electron chi connectivity index (χ2n) is 4.29. The summed E-state index contributed by atoms with van der Waals surface area (Å²) in [6.45, 7) is 6.51. The van der Waals surface area contributed by atoms with E-state index in [-0.39, 0.29) is 0 Å². The van der Waals surface area contributed by atoms with Crippen LogP contribution in [0.2, 0.25) is 0 Å². The fourth-order valence-corrected chi connectivity index (χ4v) is 1.98. The molecule has 0 bridgehead atoms. The fraction of sp³-hybridized carbons (Fsp3) is 0.667. The number of nitrogens with one attached hydrogen (secondary N) is 2. The van der Waals surface area contributed by atoms with Gasteiger partial charge in [-0.25, -0.2) is 4.98 Å². The standard InChI is InChI=1S/C12H21N5O/c1-18-11-3-5-15-12(16-11)14-4-2-8-17-9-6-13-7-10-17/h3,5,13H,2,4,6-10H2,1H3,(H,14,15,16). The van der Waals surface area contributed by atoms with Crippen LogP contribution >= 0.6 is 0 Å². The summed E-state index contributed by atoms with van der Waals surface area (Å²) in [5.41, 5.74) is 0. The first-order valence-corrected chi connectivity index (χ1v) is 6.42. The molecule has 0 aromatic carbocycles. The van der Waals surface area contributed by atoms with Crippen LogP contribution in [0.4, 0.5) is 5.95 Å². The van der Waals surface area contributed by atoms with Gasteiger partial charge in [-0.2, -0.15) is 4.98 Å². The molecule has 100 valence electrons. The van der Waals surface area contributed by atoms with Crippen molar-refractivity contribution in [2.45, 2.75) is 6.42 Å². The Hall–Kier alpha value is -1.40. The van der Waals surface area contributed by atoms with E-state index in [0.717, 1.165) is 45.7 Å². The van der Waals surface area contributed by atoms with Crippen LogP contribution in [0.1, 0.15) is 6.42 Å². The van der Waals surface area contributed by atoms with Crippen molar-refractivity contribution in [3.05, 3.63) is 12.3 Å². The average molecular weight is 251 g/mol. The fourth-order valence-electron chi connectivity index (χ4n) is 1.98. The SMILES string of the molecule is COc1ccnc(NCCCN2CCNCC2)n1. The summed E-state index contributed by atoms with van der Waals surface area (Å²) in [5, 5.41) is 6.57. The number of aromatic nitrogens is 2. The largest absolute Gasteiger partial charge is 0.481 e. The van der Waals surface area contributed by atoms with Gasteiger partial charge in [0.05, 0.1) is 7.11 Å². The van der Waals surface area contributed by atoms with E-state index in [2.05, 4.69) is 25.5 Å². The molecular weight excluding hydrogens is 230 g/mol. The predicted octanol–water partition coefficient (Wildman–Crippen LogP) is 0.192. The van der Waals surface area contributed by atoms with Crippen LogP contribution in [-0.4, -0.2) is 61.2 Å². The first kappa shape index (κ1) is 13.0. The molecule has 2 N–H and O–H groups in total. The van der Waals surface area contributed by atoms with Gasteiger partial charge in [-0.1, -0.05) is 0 Å². The molecular formula is C12H21N5O. The van der Waals surface area contributed by atoms with Crippen molar-refractivity contribution in [2.75, 3.05) is 51.7 Å². The van der Waals surface area contributed by atoms with Crippen LogP contribution in [0.3, 0.4) is 0 Å². The highest BCUT2D eigenvalue weighted by Gasteiger charge is 2.08. The molecule has 1 aliphatic rings. The van der Waals surface area contributed by atoms with Gasteiger partial charge in [0.2, 0.25) is 11.8 Å². The Morgan fingerprint density at radius 1 is 1.44 bits per heavy atom. The lowest BCUT2D eigenvalue weighted by Gasteiger charge is -2.27. The molecule has 6 heteroatoms. The Morgan fingerprint density at radius 2 is 2.28 bits per heavy atom. The molecule has 2 rings (SSSR count). The summed E-state index contributed by atoms with van der Waals surface area (Å²) in [5.74, 6) is 1.23. The first-order valence-electron chi connectivity index (χ1n) is 6.42. The van der Waals surface area contributed by atoms with Crippen LogP contribution in [0.25, 0.3) is 0 Å². The second kappa shape index (κ2) is 7.13. The molecule has 0 unspecified atom stereocenters. The van der Waals surface area contributed by atoms with Gasteiger partial charge in [0.25, 0.3) is 0 Å². The lowest BCUT2D eigenvalue weighted by molar-refractivity contribution is 0.240. The lowest BCUT2D eigenvalue weighted by Crippen LogP contribution is -2.44. The van der Waals surface area contributed by atoms with Crippen LogP contribution < -0.4 is 15.4 Å². The van der Waals surface area contributed by atoms with Crippen molar-refractivity contribution < 1.29 is 4.74 Å². The van der Waals surface area contributed by atoms with Gasteiger partial charge >= 0.3 is 0 Å². The van der Waals surface area contributed by atoms with Gasteiger partial charge in [0.15, 0.2) is 0 Å². The number of hydrogen-bond acceptors (Lipinski definition) is 6. The molecule has 1 saturated heterocycles. The summed E-state index contributed by atoms with van der Waals surface area (Å²) in [6.07, 6.45) is 2.80. The zero-order chi connectivity index (χ0) is 12.6. The second-order valence-corrected chi connectivity index (χ2v) is 4.29. The van der Waals surface area contributed by atoms with E-state index in [1.165, 1.54) is 0 Å². The minimum atomic E-state index is 0.592.